The predicted octanol–water partition coefficient (Wildman–Crippen LogP) is 2.80. The van der Waals surface area contributed by atoms with Crippen LogP contribution in [0.1, 0.15) is 58.8 Å². The van der Waals surface area contributed by atoms with E-state index >= 15 is 0 Å². The monoisotopic (exact) mass is 341 g/mol. The highest BCUT2D eigenvalue weighted by Gasteiger charge is 2.24. The molecule has 0 aliphatic heterocycles. The molecule has 1 aromatic heterocycles. The van der Waals surface area contributed by atoms with Gasteiger partial charge < -0.3 is 20.4 Å². The molecule has 3 N–H and O–H groups in total. The first-order chi connectivity index (χ1) is 12.1. The number of benzene rings is 1. The van der Waals surface area contributed by atoms with Gasteiger partial charge in [-0.25, -0.2) is 0 Å². The van der Waals surface area contributed by atoms with Crippen molar-refractivity contribution in [1.82, 2.24) is 15.6 Å². The quantitative estimate of drug-likeness (QED) is 0.755. The minimum atomic E-state index is -0.321. The molecule has 2 amide bonds. The van der Waals surface area contributed by atoms with Crippen LogP contribution in [0.25, 0.3) is 0 Å². The lowest BCUT2D eigenvalue weighted by atomic mass is 9.93. The lowest BCUT2D eigenvalue weighted by molar-refractivity contribution is 0.0912. The molecule has 6 heteroatoms. The molecule has 1 saturated carbocycles. The number of aromatic nitrogens is 1. The van der Waals surface area contributed by atoms with Crippen LogP contribution in [-0.2, 0) is 0 Å². The minimum absolute atomic E-state index is 0.211. The number of hydrogen-bond acceptors (Lipinski definition) is 3. The zero-order chi connectivity index (χ0) is 17.8. The number of nitrogens with one attached hydrogen (secondary N) is 3. The summed E-state index contributed by atoms with van der Waals surface area (Å²) in [5.74, 6) is -0.163. The van der Waals surface area contributed by atoms with Crippen LogP contribution in [0.15, 0.2) is 36.4 Å². The lowest BCUT2D eigenvalue weighted by Gasteiger charge is -2.25. The van der Waals surface area contributed by atoms with Gasteiger partial charge in [-0.05, 0) is 31.7 Å². The van der Waals surface area contributed by atoms with Gasteiger partial charge >= 0.3 is 0 Å². The molecule has 1 heterocycles. The molecule has 0 bridgehead atoms. The van der Waals surface area contributed by atoms with Crippen molar-refractivity contribution < 1.29 is 14.3 Å². The second kappa shape index (κ2) is 7.42. The Morgan fingerprint density at radius 2 is 1.92 bits per heavy atom. The van der Waals surface area contributed by atoms with Gasteiger partial charge in [0.15, 0.2) is 5.75 Å². The fourth-order valence-electron chi connectivity index (χ4n) is 2.74. The van der Waals surface area contributed by atoms with Gasteiger partial charge in [-0.3, -0.25) is 9.59 Å². The maximum atomic E-state index is 12.4. The van der Waals surface area contributed by atoms with Gasteiger partial charge in [-0.15, -0.1) is 0 Å². The van der Waals surface area contributed by atoms with E-state index in [9.17, 15) is 9.59 Å². The van der Waals surface area contributed by atoms with Gasteiger partial charge in [0.05, 0.1) is 0 Å². The van der Waals surface area contributed by atoms with Crippen molar-refractivity contribution in [3.05, 3.63) is 53.3 Å². The zero-order valence-corrected chi connectivity index (χ0v) is 14.5. The number of aromatic amines is 1. The highest BCUT2D eigenvalue weighted by molar-refractivity contribution is 5.99. The smallest absolute Gasteiger partial charge is 0.271 e. The zero-order valence-electron chi connectivity index (χ0n) is 14.5. The average molecular weight is 341 g/mol. The van der Waals surface area contributed by atoms with Crippen LogP contribution in [-0.4, -0.2) is 29.9 Å². The van der Waals surface area contributed by atoms with Gasteiger partial charge in [0.25, 0.3) is 11.8 Å². The van der Waals surface area contributed by atoms with Crippen LogP contribution in [0, 0.1) is 0 Å². The Kier molecular flexibility index (Phi) is 5.07. The summed E-state index contributed by atoms with van der Waals surface area (Å²) in [5, 5.41) is 5.53. The molecule has 1 aliphatic carbocycles. The Bertz CT molecular complexity index is 751. The molecule has 0 radical (unpaired) electrons. The van der Waals surface area contributed by atoms with E-state index in [4.69, 9.17) is 4.74 Å². The molecule has 6 nitrogen and oxygen atoms in total. The third-order valence-corrected chi connectivity index (χ3v) is 4.49. The SMILES string of the molecule is CNC(=O)c1[nH]c(C(=O)NC2CCC2)cc1O[C@H](C)c1ccccc1. The van der Waals surface area contributed by atoms with Gasteiger partial charge in [0.2, 0.25) is 0 Å². The summed E-state index contributed by atoms with van der Waals surface area (Å²) in [5.41, 5.74) is 1.58. The van der Waals surface area contributed by atoms with E-state index in [0.29, 0.717) is 11.4 Å². The first-order valence-corrected chi connectivity index (χ1v) is 8.56. The second-order valence-corrected chi connectivity index (χ2v) is 6.27. The first kappa shape index (κ1) is 17.1. The molecule has 132 valence electrons. The molecule has 0 spiro atoms. The van der Waals surface area contributed by atoms with E-state index in [1.165, 1.54) is 0 Å². The third-order valence-electron chi connectivity index (χ3n) is 4.49. The van der Waals surface area contributed by atoms with Gasteiger partial charge in [0.1, 0.15) is 17.5 Å². The fraction of sp³-hybridized carbons (Fsp3) is 0.368. The van der Waals surface area contributed by atoms with E-state index in [1.807, 2.05) is 37.3 Å². The van der Waals surface area contributed by atoms with Crippen LogP contribution in [0.2, 0.25) is 0 Å². The number of H-pyrrole nitrogens is 1. The number of ether oxygens (including phenoxy) is 1. The molecule has 2 aromatic rings. The summed E-state index contributed by atoms with van der Waals surface area (Å²) in [7, 11) is 1.54. The van der Waals surface area contributed by atoms with Crippen LogP contribution < -0.4 is 15.4 Å². The van der Waals surface area contributed by atoms with E-state index in [-0.39, 0.29) is 29.7 Å². The predicted molar refractivity (Wildman–Crippen MR) is 94.8 cm³/mol. The molecule has 0 saturated heterocycles. The highest BCUT2D eigenvalue weighted by Crippen LogP contribution is 2.27. The van der Waals surface area contributed by atoms with Crippen LogP contribution >= 0.6 is 0 Å². The number of carbonyl (C=O) groups is 2. The Balaban J connectivity index is 1.80. The maximum Gasteiger partial charge on any atom is 0.271 e. The number of carbonyl (C=O) groups excluding carboxylic acids is 2. The summed E-state index contributed by atoms with van der Waals surface area (Å²) >= 11 is 0. The van der Waals surface area contributed by atoms with Crippen molar-refractivity contribution in [2.75, 3.05) is 7.05 Å². The lowest BCUT2D eigenvalue weighted by Crippen LogP contribution is -2.39. The molecule has 1 atom stereocenters. The van der Waals surface area contributed by atoms with E-state index in [2.05, 4.69) is 15.6 Å². The average Bonchev–Trinajstić information content (AvgIpc) is 3.02. The van der Waals surface area contributed by atoms with Gasteiger partial charge in [-0.1, -0.05) is 30.3 Å². The first-order valence-electron chi connectivity index (χ1n) is 8.56. The van der Waals surface area contributed by atoms with E-state index in [0.717, 1.165) is 24.8 Å². The molecule has 1 aromatic carbocycles. The number of hydrogen-bond donors (Lipinski definition) is 3. The van der Waals surface area contributed by atoms with Crippen LogP contribution in [0.3, 0.4) is 0 Å². The maximum absolute atomic E-state index is 12.4. The van der Waals surface area contributed by atoms with Crippen molar-refractivity contribution in [2.24, 2.45) is 0 Å². The molecular formula is C19H23N3O3. The minimum Gasteiger partial charge on any atom is -0.484 e. The van der Waals surface area contributed by atoms with E-state index in [1.54, 1.807) is 13.1 Å². The van der Waals surface area contributed by atoms with E-state index < -0.39 is 0 Å². The van der Waals surface area contributed by atoms with Crippen molar-refractivity contribution in [3.63, 3.8) is 0 Å². The Morgan fingerprint density at radius 1 is 1.20 bits per heavy atom. The Morgan fingerprint density at radius 3 is 2.52 bits per heavy atom. The van der Waals surface area contributed by atoms with Crippen molar-refractivity contribution >= 4 is 11.8 Å². The third kappa shape index (κ3) is 3.84. The number of rotatable bonds is 6. The Labute approximate surface area is 147 Å². The molecular weight excluding hydrogens is 318 g/mol. The molecule has 3 rings (SSSR count). The number of amides is 2. The largest absolute Gasteiger partial charge is 0.484 e. The molecule has 25 heavy (non-hydrogen) atoms. The van der Waals surface area contributed by atoms with Crippen molar-refractivity contribution in [1.29, 1.82) is 0 Å². The fourth-order valence-corrected chi connectivity index (χ4v) is 2.74. The van der Waals surface area contributed by atoms with Crippen molar-refractivity contribution in [3.8, 4) is 5.75 Å². The molecule has 0 unspecified atom stereocenters. The summed E-state index contributed by atoms with van der Waals surface area (Å²) in [6.07, 6.45) is 2.90. The van der Waals surface area contributed by atoms with Crippen LogP contribution in [0.4, 0.5) is 0 Å². The summed E-state index contributed by atoms with van der Waals surface area (Å²) in [4.78, 5) is 27.4. The normalized spacial score (nSPS) is 15.1. The summed E-state index contributed by atoms with van der Waals surface area (Å²) in [6, 6.07) is 11.5. The van der Waals surface area contributed by atoms with Gasteiger partial charge in [-0.2, -0.15) is 0 Å². The summed E-state index contributed by atoms with van der Waals surface area (Å²) in [6.45, 7) is 1.91. The van der Waals surface area contributed by atoms with Crippen molar-refractivity contribution in [2.45, 2.75) is 38.3 Å². The topological polar surface area (TPSA) is 83.2 Å². The Hall–Kier alpha value is -2.76. The van der Waals surface area contributed by atoms with Crippen LogP contribution in [0.5, 0.6) is 5.75 Å². The second-order valence-electron chi connectivity index (χ2n) is 6.27. The highest BCUT2D eigenvalue weighted by atomic mass is 16.5. The molecule has 1 fully saturated rings. The standard InChI is InChI=1S/C19H23N3O3/c1-12(13-7-4-3-5-8-13)25-16-11-15(22-17(16)19(24)20-2)18(23)21-14-9-6-10-14/h3-5,7-8,11-12,14,22H,6,9-10H2,1-2H3,(H,20,24)(H,21,23)/t12-/m1/s1. The summed E-state index contributed by atoms with van der Waals surface area (Å²) < 4.78 is 5.96. The van der Waals surface area contributed by atoms with Gasteiger partial charge in [0, 0.05) is 19.2 Å². The molecule has 1 aliphatic rings.